The second-order valence-corrected chi connectivity index (χ2v) is 10.4. The van der Waals surface area contributed by atoms with Crippen LogP contribution in [0.4, 0.5) is 5.69 Å². The van der Waals surface area contributed by atoms with Gasteiger partial charge in [-0.1, -0.05) is 38.1 Å². The number of nitrogens with one attached hydrogen (secondary N) is 1. The molecule has 0 saturated carbocycles. The minimum atomic E-state index is -3.52. The lowest BCUT2D eigenvalue weighted by atomic mass is 9.97. The summed E-state index contributed by atoms with van der Waals surface area (Å²) in [6, 6.07) is 14.8. The van der Waals surface area contributed by atoms with Gasteiger partial charge in [0.25, 0.3) is 0 Å². The fraction of sp³-hybridized carbons (Fsp3) is 0.409. The van der Waals surface area contributed by atoms with E-state index in [0.717, 1.165) is 16.1 Å². The molecule has 1 N–H and O–H groups in total. The largest absolute Gasteiger partial charge is 0.325 e. The molecule has 0 spiro atoms. The maximum atomic E-state index is 12.9. The summed E-state index contributed by atoms with van der Waals surface area (Å²) in [5, 5.41) is 3.01. The number of para-hydroxylation sites is 1. The van der Waals surface area contributed by atoms with Gasteiger partial charge >= 0.3 is 0 Å². The number of carbonyl (C=O) groups is 1. The number of sulfonamides is 1. The smallest absolute Gasteiger partial charge is 0.243 e. The molecule has 0 unspecified atom stereocenters. The van der Waals surface area contributed by atoms with Crippen molar-refractivity contribution >= 4 is 33.4 Å². The standard InChI is InChI=1S/C22H28N2O3S2/c1-16(2)17-8-10-19(11-9-17)29(26,27)24-14-12-18(13-15-24)22(25)23-20-6-4-5-7-21(20)28-3/h4-11,16,18H,12-15H2,1-3H3,(H,23,25). The van der Waals surface area contributed by atoms with Gasteiger partial charge in [0, 0.05) is 23.9 Å². The predicted molar refractivity (Wildman–Crippen MR) is 119 cm³/mol. The van der Waals surface area contributed by atoms with Crippen LogP contribution in [0.2, 0.25) is 0 Å². The molecule has 156 valence electrons. The van der Waals surface area contributed by atoms with Crippen LogP contribution in [0.25, 0.3) is 0 Å². The molecule has 1 amide bonds. The summed E-state index contributed by atoms with van der Waals surface area (Å²) < 4.78 is 27.4. The molecule has 1 aliphatic heterocycles. The Morgan fingerprint density at radius 3 is 2.28 bits per heavy atom. The van der Waals surface area contributed by atoms with E-state index in [0.29, 0.717) is 36.7 Å². The molecule has 1 saturated heterocycles. The fourth-order valence-electron chi connectivity index (χ4n) is 3.51. The Hall–Kier alpha value is -1.83. The van der Waals surface area contributed by atoms with E-state index >= 15 is 0 Å². The lowest BCUT2D eigenvalue weighted by Crippen LogP contribution is -2.41. The monoisotopic (exact) mass is 432 g/mol. The molecule has 2 aromatic carbocycles. The number of carbonyl (C=O) groups excluding carboxylic acids is 1. The zero-order valence-corrected chi connectivity index (χ0v) is 18.7. The molecule has 0 atom stereocenters. The first-order valence-electron chi connectivity index (χ1n) is 9.87. The molecular weight excluding hydrogens is 404 g/mol. The highest BCUT2D eigenvalue weighted by Crippen LogP contribution is 2.28. The van der Waals surface area contributed by atoms with Crippen molar-refractivity contribution in [1.82, 2.24) is 4.31 Å². The van der Waals surface area contributed by atoms with Crippen LogP contribution in [0.1, 0.15) is 38.2 Å². The molecule has 1 fully saturated rings. The van der Waals surface area contributed by atoms with Gasteiger partial charge < -0.3 is 5.32 Å². The molecule has 0 aliphatic carbocycles. The van der Waals surface area contributed by atoms with Crippen LogP contribution in [0.15, 0.2) is 58.3 Å². The summed E-state index contributed by atoms with van der Waals surface area (Å²) in [6.45, 7) is 4.88. The van der Waals surface area contributed by atoms with Gasteiger partial charge in [0.2, 0.25) is 15.9 Å². The molecule has 0 radical (unpaired) electrons. The third-order valence-corrected chi connectivity index (χ3v) is 8.08. The van der Waals surface area contributed by atoms with Gasteiger partial charge in [0.05, 0.1) is 10.6 Å². The van der Waals surface area contributed by atoms with Gasteiger partial charge in [-0.05, 0) is 54.8 Å². The van der Waals surface area contributed by atoms with Crippen LogP contribution in [-0.4, -0.2) is 38.0 Å². The maximum absolute atomic E-state index is 12.9. The Kier molecular flexibility index (Phi) is 7.03. The van der Waals surface area contributed by atoms with E-state index in [1.807, 2.05) is 42.7 Å². The summed E-state index contributed by atoms with van der Waals surface area (Å²) in [5.74, 6) is 0.141. The van der Waals surface area contributed by atoms with E-state index in [2.05, 4.69) is 19.2 Å². The highest BCUT2D eigenvalue weighted by molar-refractivity contribution is 7.98. The molecule has 5 nitrogen and oxygen atoms in total. The summed E-state index contributed by atoms with van der Waals surface area (Å²) in [5.41, 5.74) is 1.93. The van der Waals surface area contributed by atoms with Crippen LogP contribution in [0.5, 0.6) is 0 Å². The summed E-state index contributed by atoms with van der Waals surface area (Å²) >= 11 is 1.59. The van der Waals surface area contributed by atoms with Crippen LogP contribution in [-0.2, 0) is 14.8 Å². The van der Waals surface area contributed by atoms with Crippen LogP contribution >= 0.6 is 11.8 Å². The Bertz CT molecular complexity index is 948. The highest BCUT2D eigenvalue weighted by Gasteiger charge is 2.32. The van der Waals surface area contributed by atoms with Crippen molar-refractivity contribution < 1.29 is 13.2 Å². The number of anilines is 1. The predicted octanol–water partition coefficient (Wildman–Crippen LogP) is 4.57. The number of benzene rings is 2. The Morgan fingerprint density at radius 1 is 1.07 bits per heavy atom. The van der Waals surface area contributed by atoms with Gasteiger partial charge in [-0.3, -0.25) is 4.79 Å². The number of nitrogens with zero attached hydrogens (tertiary/aromatic N) is 1. The van der Waals surface area contributed by atoms with E-state index < -0.39 is 10.0 Å². The molecular formula is C22H28N2O3S2. The van der Waals surface area contributed by atoms with Crippen molar-refractivity contribution in [2.24, 2.45) is 5.92 Å². The van der Waals surface area contributed by atoms with Gasteiger partial charge in [-0.25, -0.2) is 8.42 Å². The van der Waals surface area contributed by atoms with Crippen LogP contribution in [0, 0.1) is 5.92 Å². The Labute approximate surface area is 177 Å². The zero-order chi connectivity index (χ0) is 21.0. The minimum absolute atomic E-state index is 0.0372. The van der Waals surface area contributed by atoms with Gasteiger partial charge in [-0.2, -0.15) is 4.31 Å². The van der Waals surface area contributed by atoms with E-state index in [1.165, 1.54) is 4.31 Å². The van der Waals surface area contributed by atoms with Crippen molar-refractivity contribution in [3.8, 4) is 0 Å². The minimum Gasteiger partial charge on any atom is -0.325 e. The van der Waals surface area contributed by atoms with Gasteiger partial charge in [0.15, 0.2) is 0 Å². The molecule has 2 aromatic rings. The van der Waals surface area contributed by atoms with E-state index in [4.69, 9.17) is 0 Å². The Morgan fingerprint density at radius 2 is 1.69 bits per heavy atom. The number of piperidine rings is 1. The van der Waals surface area contributed by atoms with E-state index in [-0.39, 0.29) is 11.8 Å². The van der Waals surface area contributed by atoms with Crippen molar-refractivity contribution in [3.63, 3.8) is 0 Å². The number of hydrogen-bond donors (Lipinski definition) is 1. The van der Waals surface area contributed by atoms with Crippen molar-refractivity contribution in [3.05, 3.63) is 54.1 Å². The second kappa shape index (κ2) is 9.32. The third kappa shape index (κ3) is 5.02. The first kappa shape index (κ1) is 21.9. The topological polar surface area (TPSA) is 66.5 Å². The average Bonchev–Trinajstić information content (AvgIpc) is 2.74. The first-order chi connectivity index (χ1) is 13.8. The lowest BCUT2D eigenvalue weighted by Gasteiger charge is -2.30. The Balaban J connectivity index is 1.62. The van der Waals surface area contributed by atoms with Gasteiger partial charge in [0.1, 0.15) is 0 Å². The third-order valence-electron chi connectivity index (χ3n) is 5.37. The molecule has 7 heteroatoms. The normalized spacial score (nSPS) is 16.1. The quantitative estimate of drug-likeness (QED) is 0.679. The molecule has 29 heavy (non-hydrogen) atoms. The zero-order valence-electron chi connectivity index (χ0n) is 17.1. The second-order valence-electron chi connectivity index (χ2n) is 7.59. The average molecular weight is 433 g/mol. The summed E-state index contributed by atoms with van der Waals surface area (Å²) in [6.07, 6.45) is 3.02. The fourth-order valence-corrected chi connectivity index (χ4v) is 5.54. The van der Waals surface area contributed by atoms with E-state index in [1.54, 1.807) is 23.9 Å². The number of hydrogen-bond acceptors (Lipinski definition) is 4. The van der Waals surface area contributed by atoms with Crippen molar-refractivity contribution in [2.45, 2.75) is 42.4 Å². The molecule has 0 bridgehead atoms. The van der Waals surface area contributed by atoms with Crippen LogP contribution in [0.3, 0.4) is 0 Å². The van der Waals surface area contributed by atoms with Crippen LogP contribution < -0.4 is 5.32 Å². The van der Waals surface area contributed by atoms with Crippen molar-refractivity contribution in [2.75, 3.05) is 24.7 Å². The molecule has 3 rings (SSSR count). The summed E-state index contributed by atoms with van der Waals surface area (Å²) in [4.78, 5) is 14.0. The lowest BCUT2D eigenvalue weighted by molar-refractivity contribution is -0.120. The maximum Gasteiger partial charge on any atom is 0.243 e. The number of amides is 1. The van der Waals surface area contributed by atoms with E-state index in [9.17, 15) is 13.2 Å². The van der Waals surface area contributed by atoms with Crippen molar-refractivity contribution in [1.29, 1.82) is 0 Å². The molecule has 1 aliphatic rings. The number of thioether (sulfide) groups is 1. The van der Waals surface area contributed by atoms with Gasteiger partial charge in [-0.15, -0.1) is 11.8 Å². The highest BCUT2D eigenvalue weighted by atomic mass is 32.2. The molecule has 0 aromatic heterocycles. The molecule has 1 heterocycles. The summed E-state index contributed by atoms with van der Waals surface area (Å²) in [7, 11) is -3.52. The number of rotatable bonds is 6. The SMILES string of the molecule is CSc1ccccc1NC(=O)C1CCN(S(=O)(=O)c2ccc(C(C)C)cc2)CC1. The first-order valence-corrected chi connectivity index (χ1v) is 12.5.